The van der Waals surface area contributed by atoms with E-state index in [9.17, 15) is 4.79 Å². The van der Waals surface area contributed by atoms with Gasteiger partial charge in [0.05, 0.1) is 12.5 Å². The van der Waals surface area contributed by atoms with Crippen LogP contribution in [0.1, 0.15) is 6.42 Å². The Kier molecular flexibility index (Phi) is 4.18. The van der Waals surface area contributed by atoms with E-state index in [1.807, 2.05) is 19.0 Å². The first-order valence-electron chi connectivity index (χ1n) is 4.70. The van der Waals surface area contributed by atoms with Crippen molar-refractivity contribution in [1.82, 2.24) is 10.2 Å². The van der Waals surface area contributed by atoms with Crippen LogP contribution in [-0.2, 0) is 9.53 Å². The number of carbonyl (C=O) groups excluding carboxylic acids is 1. The third-order valence-electron chi connectivity index (χ3n) is 2.16. The van der Waals surface area contributed by atoms with Crippen LogP contribution in [0.3, 0.4) is 0 Å². The summed E-state index contributed by atoms with van der Waals surface area (Å²) in [5, 5.41) is 2.90. The van der Waals surface area contributed by atoms with E-state index < -0.39 is 0 Å². The van der Waals surface area contributed by atoms with Crippen molar-refractivity contribution >= 4 is 5.91 Å². The third kappa shape index (κ3) is 3.74. The molecular weight excluding hydrogens is 168 g/mol. The molecule has 4 heteroatoms. The van der Waals surface area contributed by atoms with Crippen LogP contribution >= 0.6 is 0 Å². The zero-order valence-electron chi connectivity index (χ0n) is 8.38. The lowest BCUT2D eigenvalue weighted by atomic mass is 10.1. The van der Waals surface area contributed by atoms with Gasteiger partial charge in [0.2, 0.25) is 5.91 Å². The number of likely N-dealkylation sites (N-methyl/N-ethyl adjacent to an activating group) is 1. The minimum absolute atomic E-state index is 0.0853. The van der Waals surface area contributed by atoms with Gasteiger partial charge in [-0.05, 0) is 20.5 Å². The van der Waals surface area contributed by atoms with Crippen molar-refractivity contribution < 1.29 is 9.53 Å². The topological polar surface area (TPSA) is 41.6 Å². The molecular formula is C9H18N2O2. The van der Waals surface area contributed by atoms with Gasteiger partial charge in [-0.2, -0.15) is 0 Å². The van der Waals surface area contributed by atoms with Gasteiger partial charge >= 0.3 is 0 Å². The predicted octanol–water partition coefficient (Wildman–Crippen LogP) is -0.299. The Bertz CT molecular complexity index is 165. The second-order valence-electron chi connectivity index (χ2n) is 3.65. The minimum atomic E-state index is 0.0853. The van der Waals surface area contributed by atoms with Crippen molar-refractivity contribution in [3.05, 3.63) is 0 Å². The Balaban J connectivity index is 2.10. The highest BCUT2D eigenvalue weighted by atomic mass is 16.5. The monoisotopic (exact) mass is 186 g/mol. The Morgan fingerprint density at radius 2 is 2.38 bits per heavy atom. The molecule has 0 aromatic carbocycles. The molecule has 1 aliphatic heterocycles. The molecule has 0 saturated carbocycles. The number of ether oxygens (including phenoxy) is 1. The second-order valence-corrected chi connectivity index (χ2v) is 3.65. The zero-order valence-corrected chi connectivity index (χ0v) is 8.38. The molecule has 0 aromatic rings. The van der Waals surface area contributed by atoms with Crippen LogP contribution in [0.5, 0.6) is 0 Å². The van der Waals surface area contributed by atoms with Crippen molar-refractivity contribution in [1.29, 1.82) is 0 Å². The predicted molar refractivity (Wildman–Crippen MR) is 50.5 cm³/mol. The SMILES string of the molecule is CN(C)CCNC(=O)C1CCOC1. The van der Waals surface area contributed by atoms with Gasteiger partial charge in [0, 0.05) is 19.7 Å². The molecule has 1 fully saturated rings. The lowest BCUT2D eigenvalue weighted by Gasteiger charge is -2.12. The Morgan fingerprint density at radius 1 is 1.62 bits per heavy atom. The van der Waals surface area contributed by atoms with Gasteiger partial charge in [0.1, 0.15) is 0 Å². The molecule has 1 saturated heterocycles. The number of hydrogen-bond acceptors (Lipinski definition) is 3. The summed E-state index contributed by atoms with van der Waals surface area (Å²) in [6.45, 7) is 2.93. The summed E-state index contributed by atoms with van der Waals surface area (Å²) in [7, 11) is 3.98. The lowest BCUT2D eigenvalue weighted by molar-refractivity contribution is -0.124. The Hall–Kier alpha value is -0.610. The highest BCUT2D eigenvalue weighted by molar-refractivity contribution is 5.78. The molecule has 1 rings (SSSR count). The van der Waals surface area contributed by atoms with Gasteiger partial charge in [-0.25, -0.2) is 0 Å². The van der Waals surface area contributed by atoms with Gasteiger partial charge in [0.15, 0.2) is 0 Å². The first kappa shape index (κ1) is 10.5. The van der Waals surface area contributed by atoms with Crippen molar-refractivity contribution in [3.8, 4) is 0 Å². The van der Waals surface area contributed by atoms with E-state index in [4.69, 9.17) is 4.74 Å². The van der Waals surface area contributed by atoms with Crippen molar-refractivity contribution in [3.63, 3.8) is 0 Å². The maximum absolute atomic E-state index is 11.4. The highest BCUT2D eigenvalue weighted by Crippen LogP contribution is 2.11. The molecule has 1 aliphatic rings. The van der Waals surface area contributed by atoms with E-state index in [2.05, 4.69) is 5.32 Å². The molecule has 0 aliphatic carbocycles. The molecule has 4 nitrogen and oxygen atoms in total. The van der Waals surface area contributed by atoms with Crippen LogP contribution in [0.15, 0.2) is 0 Å². The average Bonchev–Trinajstić information content (AvgIpc) is 2.55. The highest BCUT2D eigenvalue weighted by Gasteiger charge is 2.22. The third-order valence-corrected chi connectivity index (χ3v) is 2.16. The molecule has 1 atom stereocenters. The van der Waals surface area contributed by atoms with E-state index in [0.717, 1.165) is 26.1 Å². The van der Waals surface area contributed by atoms with Crippen LogP contribution in [0.4, 0.5) is 0 Å². The zero-order chi connectivity index (χ0) is 9.68. The van der Waals surface area contributed by atoms with E-state index >= 15 is 0 Å². The Labute approximate surface area is 79.2 Å². The van der Waals surface area contributed by atoms with Gasteiger partial charge in [-0.15, -0.1) is 0 Å². The van der Waals surface area contributed by atoms with Crippen LogP contribution < -0.4 is 5.32 Å². The maximum Gasteiger partial charge on any atom is 0.225 e. The molecule has 76 valence electrons. The average molecular weight is 186 g/mol. The molecule has 1 amide bonds. The molecule has 0 aromatic heterocycles. The number of nitrogens with one attached hydrogen (secondary N) is 1. The molecule has 0 bridgehead atoms. The number of rotatable bonds is 4. The van der Waals surface area contributed by atoms with Gasteiger partial charge in [0.25, 0.3) is 0 Å². The molecule has 1 unspecified atom stereocenters. The summed E-state index contributed by atoms with van der Waals surface area (Å²) in [5.74, 6) is 0.224. The first-order chi connectivity index (χ1) is 6.20. The van der Waals surface area contributed by atoms with E-state index in [-0.39, 0.29) is 11.8 Å². The number of amides is 1. The smallest absolute Gasteiger partial charge is 0.225 e. The molecule has 0 spiro atoms. The lowest BCUT2D eigenvalue weighted by Crippen LogP contribution is -2.35. The maximum atomic E-state index is 11.4. The Morgan fingerprint density at radius 3 is 2.92 bits per heavy atom. The van der Waals surface area contributed by atoms with Gasteiger partial charge < -0.3 is 15.0 Å². The van der Waals surface area contributed by atoms with Crippen LogP contribution in [-0.4, -0.2) is 51.2 Å². The number of carbonyl (C=O) groups is 1. The summed E-state index contributed by atoms with van der Waals surface area (Å²) in [5.41, 5.74) is 0. The van der Waals surface area contributed by atoms with Crippen LogP contribution in [0, 0.1) is 5.92 Å². The van der Waals surface area contributed by atoms with E-state index in [1.54, 1.807) is 0 Å². The number of hydrogen-bond donors (Lipinski definition) is 1. The summed E-state index contributed by atoms with van der Waals surface area (Å²) >= 11 is 0. The quantitative estimate of drug-likeness (QED) is 0.655. The summed E-state index contributed by atoms with van der Waals surface area (Å²) in [4.78, 5) is 13.5. The van der Waals surface area contributed by atoms with E-state index in [0.29, 0.717) is 6.61 Å². The normalized spacial score (nSPS) is 22.2. The van der Waals surface area contributed by atoms with Crippen LogP contribution in [0.2, 0.25) is 0 Å². The summed E-state index contributed by atoms with van der Waals surface area (Å²) in [6, 6.07) is 0. The molecule has 1 heterocycles. The molecule has 13 heavy (non-hydrogen) atoms. The van der Waals surface area contributed by atoms with Gasteiger partial charge in [-0.3, -0.25) is 4.79 Å². The van der Waals surface area contributed by atoms with Crippen molar-refractivity contribution in [2.45, 2.75) is 6.42 Å². The largest absolute Gasteiger partial charge is 0.381 e. The molecule has 1 N–H and O–H groups in total. The van der Waals surface area contributed by atoms with Crippen molar-refractivity contribution in [2.24, 2.45) is 5.92 Å². The molecule has 0 radical (unpaired) electrons. The van der Waals surface area contributed by atoms with Crippen molar-refractivity contribution in [2.75, 3.05) is 40.4 Å². The summed E-state index contributed by atoms with van der Waals surface area (Å²) in [6.07, 6.45) is 0.869. The summed E-state index contributed by atoms with van der Waals surface area (Å²) < 4.78 is 5.13. The first-order valence-corrected chi connectivity index (χ1v) is 4.70. The fourth-order valence-corrected chi connectivity index (χ4v) is 1.29. The fraction of sp³-hybridized carbons (Fsp3) is 0.889. The van der Waals surface area contributed by atoms with Gasteiger partial charge in [-0.1, -0.05) is 0 Å². The van der Waals surface area contributed by atoms with E-state index in [1.165, 1.54) is 0 Å². The fourth-order valence-electron chi connectivity index (χ4n) is 1.29. The van der Waals surface area contributed by atoms with Crippen LogP contribution in [0.25, 0.3) is 0 Å². The second kappa shape index (κ2) is 5.19. The number of nitrogens with zero attached hydrogens (tertiary/aromatic N) is 1. The minimum Gasteiger partial charge on any atom is -0.381 e. The standard InChI is InChI=1S/C9H18N2O2/c1-11(2)5-4-10-9(12)8-3-6-13-7-8/h8H,3-7H2,1-2H3,(H,10,12).